The van der Waals surface area contributed by atoms with Crippen LogP contribution in [0.25, 0.3) is 0 Å². The van der Waals surface area contributed by atoms with E-state index in [1.807, 2.05) is 4.68 Å². The van der Waals surface area contributed by atoms with Gasteiger partial charge in [-0.3, -0.25) is 0 Å². The summed E-state index contributed by atoms with van der Waals surface area (Å²) in [6.45, 7) is 5.01. The van der Waals surface area contributed by atoms with Crippen LogP contribution in [0.3, 0.4) is 0 Å². The van der Waals surface area contributed by atoms with Gasteiger partial charge < -0.3 is 10.4 Å². The third kappa shape index (κ3) is 3.26. The Morgan fingerprint density at radius 2 is 2.18 bits per heavy atom. The molecule has 0 bridgehead atoms. The first-order chi connectivity index (χ1) is 8.26. The summed E-state index contributed by atoms with van der Waals surface area (Å²) in [7, 11) is 0. The monoisotopic (exact) mass is 238 g/mol. The Bertz CT molecular complexity index is 359. The van der Waals surface area contributed by atoms with Crippen molar-refractivity contribution in [2.45, 2.75) is 58.2 Å². The first-order valence-corrected chi connectivity index (χ1v) is 6.56. The second kappa shape index (κ2) is 5.60. The predicted octanol–water partition coefficient (Wildman–Crippen LogP) is 0.516. The van der Waals surface area contributed by atoms with Gasteiger partial charge in [-0.15, -0.1) is 0 Å². The van der Waals surface area contributed by atoms with Crippen LogP contribution in [0.1, 0.15) is 38.3 Å². The molecule has 5 nitrogen and oxygen atoms in total. The van der Waals surface area contributed by atoms with Crippen LogP contribution < -0.4 is 5.32 Å². The molecule has 1 unspecified atom stereocenters. The predicted molar refractivity (Wildman–Crippen MR) is 65.8 cm³/mol. The van der Waals surface area contributed by atoms with Crippen molar-refractivity contribution in [1.29, 1.82) is 0 Å². The molecule has 2 rings (SSSR count). The van der Waals surface area contributed by atoms with E-state index >= 15 is 0 Å². The molecule has 0 radical (unpaired) electrons. The summed E-state index contributed by atoms with van der Waals surface area (Å²) in [5.74, 6) is 1.91. The Morgan fingerprint density at radius 3 is 2.71 bits per heavy atom. The van der Waals surface area contributed by atoms with Gasteiger partial charge in [0.2, 0.25) is 0 Å². The zero-order chi connectivity index (χ0) is 12.3. The largest absolute Gasteiger partial charge is 0.395 e. The third-order valence-electron chi connectivity index (χ3n) is 3.09. The number of nitrogens with zero attached hydrogens (tertiary/aromatic N) is 3. The fraction of sp³-hybridized carbons (Fsp3) is 0.833. The average molecular weight is 238 g/mol. The van der Waals surface area contributed by atoms with Crippen molar-refractivity contribution < 1.29 is 5.11 Å². The van der Waals surface area contributed by atoms with E-state index in [2.05, 4.69) is 29.2 Å². The molecule has 1 aromatic rings. The molecular formula is C12H22N4O. The molecule has 1 aromatic heterocycles. The van der Waals surface area contributed by atoms with Crippen LogP contribution in [0.4, 0.5) is 0 Å². The molecule has 1 aliphatic carbocycles. The van der Waals surface area contributed by atoms with Crippen molar-refractivity contribution >= 4 is 0 Å². The lowest BCUT2D eigenvalue weighted by molar-refractivity contribution is 0.222. The van der Waals surface area contributed by atoms with Crippen LogP contribution in [-0.4, -0.2) is 38.6 Å². The molecule has 0 spiro atoms. The summed E-state index contributed by atoms with van der Waals surface area (Å²) in [5, 5.41) is 17.3. The highest BCUT2D eigenvalue weighted by Crippen LogP contribution is 2.19. The smallest absolute Gasteiger partial charge is 0.150 e. The van der Waals surface area contributed by atoms with Crippen molar-refractivity contribution in [3.05, 3.63) is 11.6 Å². The van der Waals surface area contributed by atoms with E-state index in [1.165, 1.54) is 12.8 Å². The summed E-state index contributed by atoms with van der Waals surface area (Å²) in [6.07, 6.45) is 4.21. The molecule has 0 amide bonds. The molecule has 1 atom stereocenters. The van der Waals surface area contributed by atoms with E-state index in [1.54, 1.807) is 0 Å². The lowest BCUT2D eigenvalue weighted by Gasteiger charge is -2.16. The maximum atomic E-state index is 9.37. The number of nitrogens with one attached hydrogen (secondary N) is 1. The van der Waals surface area contributed by atoms with Crippen molar-refractivity contribution in [2.75, 3.05) is 6.61 Å². The number of hydrogen-bond donors (Lipinski definition) is 2. The highest BCUT2D eigenvalue weighted by molar-refractivity contribution is 4.94. The normalized spacial score (nSPS) is 17.4. The molecule has 1 aliphatic rings. The third-order valence-corrected chi connectivity index (χ3v) is 3.09. The SMILES string of the molecule is CCc1nc(CC)n(CC(CO)NC2CC2)n1. The zero-order valence-electron chi connectivity index (χ0n) is 10.7. The Hall–Kier alpha value is -0.940. The molecule has 2 N–H and O–H groups in total. The number of aromatic nitrogens is 3. The van der Waals surface area contributed by atoms with Gasteiger partial charge in [-0.25, -0.2) is 9.67 Å². The van der Waals surface area contributed by atoms with Crippen molar-refractivity contribution in [1.82, 2.24) is 20.1 Å². The number of hydrogen-bond acceptors (Lipinski definition) is 4. The molecule has 17 heavy (non-hydrogen) atoms. The van der Waals surface area contributed by atoms with Crippen LogP contribution in [0.5, 0.6) is 0 Å². The van der Waals surface area contributed by atoms with Crippen molar-refractivity contribution in [3.8, 4) is 0 Å². The summed E-state index contributed by atoms with van der Waals surface area (Å²) < 4.78 is 1.94. The van der Waals surface area contributed by atoms with Gasteiger partial charge in [-0.05, 0) is 12.8 Å². The first-order valence-electron chi connectivity index (χ1n) is 6.56. The highest BCUT2D eigenvalue weighted by Gasteiger charge is 2.25. The van der Waals surface area contributed by atoms with Gasteiger partial charge in [0.1, 0.15) is 5.82 Å². The molecule has 1 heterocycles. The Balaban J connectivity index is 2.01. The summed E-state index contributed by atoms with van der Waals surface area (Å²) in [4.78, 5) is 4.47. The van der Waals surface area contributed by atoms with E-state index in [4.69, 9.17) is 0 Å². The van der Waals surface area contributed by atoms with Crippen LogP contribution in [0.15, 0.2) is 0 Å². The van der Waals surface area contributed by atoms with Crippen LogP contribution in [0.2, 0.25) is 0 Å². The lowest BCUT2D eigenvalue weighted by Crippen LogP contribution is -2.38. The van der Waals surface area contributed by atoms with Crippen LogP contribution in [0, 0.1) is 0 Å². The van der Waals surface area contributed by atoms with Crippen molar-refractivity contribution in [3.63, 3.8) is 0 Å². The molecule has 96 valence electrons. The Morgan fingerprint density at radius 1 is 1.41 bits per heavy atom. The van der Waals surface area contributed by atoms with Gasteiger partial charge in [0.15, 0.2) is 5.82 Å². The first kappa shape index (κ1) is 12.5. The van der Waals surface area contributed by atoms with Gasteiger partial charge in [-0.1, -0.05) is 13.8 Å². The summed E-state index contributed by atoms with van der Waals surface area (Å²) in [5.41, 5.74) is 0. The lowest BCUT2D eigenvalue weighted by atomic mass is 10.3. The van der Waals surface area contributed by atoms with E-state index in [0.717, 1.165) is 24.5 Å². The molecule has 5 heteroatoms. The van der Waals surface area contributed by atoms with E-state index in [0.29, 0.717) is 12.6 Å². The molecule has 0 aliphatic heterocycles. The molecule has 1 fully saturated rings. The minimum atomic E-state index is 0.0965. The van der Waals surface area contributed by atoms with Gasteiger partial charge in [0.05, 0.1) is 19.2 Å². The maximum Gasteiger partial charge on any atom is 0.150 e. The number of aliphatic hydroxyl groups is 1. The molecular weight excluding hydrogens is 216 g/mol. The number of aryl methyl sites for hydroxylation is 2. The maximum absolute atomic E-state index is 9.37. The van der Waals surface area contributed by atoms with E-state index in [9.17, 15) is 5.11 Å². The van der Waals surface area contributed by atoms with Gasteiger partial charge in [0, 0.05) is 18.9 Å². The minimum Gasteiger partial charge on any atom is -0.395 e. The van der Waals surface area contributed by atoms with Gasteiger partial charge in [-0.2, -0.15) is 5.10 Å². The van der Waals surface area contributed by atoms with E-state index in [-0.39, 0.29) is 12.6 Å². The van der Waals surface area contributed by atoms with Gasteiger partial charge >= 0.3 is 0 Å². The molecule has 1 saturated carbocycles. The van der Waals surface area contributed by atoms with Crippen LogP contribution >= 0.6 is 0 Å². The van der Waals surface area contributed by atoms with E-state index < -0.39 is 0 Å². The zero-order valence-corrected chi connectivity index (χ0v) is 10.7. The fourth-order valence-corrected chi connectivity index (χ4v) is 1.94. The Labute approximate surface area is 102 Å². The molecule has 0 saturated heterocycles. The topological polar surface area (TPSA) is 63.0 Å². The fourth-order valence-electron chi connectivity index (χ4n) is 1.94. The average Bonchev–Trinajstić information content (AvgIpc) is 3.07. The standard InChI is InChI=1S/C12H22N4O/c1-3-11-14-12(4-2)16(15-11)7-10(8-17)13-9-5-6-9/h9-10,13,17H,3-8H2,1-2H3. The highest BCUT2D eigenvalue weighted by atomic mass is 16.3. The Kier molecular flexibility index (Phi) is 4.12. The number of rotatable bonds is 7. The number of aliphatic hydroxyl groups excluding tert-OH is 1. The minimum absolute atomic E-state index is 0.0965. The summed E-state index contributed by atoms with van der Waals surface area (Å²) in [6, 6.07) is 0.700. The van der Waals surface area contributed by atoms with Crippen LogP contribution in [-0.2, 0) is 19.4 Å². The van der Waals surface area contributed by atoms with Crippen molar-refractivity contribution in [2.24, 2.45) is 0 Å². The second-order valence-corrected chi connectivity index (χ2v) is 4.65. The molecule has 0 aromatic carbocycles. The van der Waals surface area contributed by atoms with Gasteiger partial charge in [0.25, 0.3) is 0 Å². The second-order valence-electron chi connectivity index (χ2n) is 4.65. The quantitative estimate of drug-likeness (QED) is 0.727. The summed E-state index contributed by atoms with van der Waals surface area (Å²) >= 11 is 0.